The van der Waals surface area contributed by atoms with Crippen molar-refractivity contribution in [2.75, 3.05) is 4.90 Å². The number of furan rings is 1. The Morgan fingerprint density at radius 1 is 0.938 bits per heavy atom. The lowest BCUT2D eigenvalue weighted by Crippen LogP contribution is -2.29. The Morgan fingerprint density at radius 3 is 2.41 bits per heavy atom. The highest BCUT2D eigenvalue weighted by atomic mass is 32.2. The van der Waals surface area contributed by atoms with Crippen LogP contribution in [-0.4, -0.2) is 10.1 Å². The number of aryl methyl sites for hydroxylation is 2. The van der Waals surface area contributed by atoms with E-state index in [0.29, 0.717) is 5.11 Å². The lowest BCUT2D eigenvalue weighted by Gasteiger charge is -2.26. The van der Waals surface area contributed by atoms with E-state index >= 15 is 0 Å². The lowest BCUT2D eigenvalue weighted by atomic mass is 10.0. The Morgan fingerprint density at radius 2 is 1.69 bits per heavy atom. The van der Waals surface area contributed by atoms with Gasteiger partial charge in [0.05, 0.1) is 11.7 Å². The molecule has 0 aliphatic carbocycles. The quantitative estimate of drug-likeness (QED) is 0.340. The number of hydrogen-bond donors (Lipinski definition) is 1. The molecule has 2 atom stereocenters. The average Bonchev–Trinajstić information content (AvgIpc) is 3.38. The van der Waals surface area contributed by atoms with Gasteiger partial charge >= 0.3 is 0 Å². The molecule has 1 aliphatic rings. The Kier molecular flexibility index (Phi) is 5.72. The summed E-state index contributed by atoms with van der Waals surface area (Å²) >= 11 is 7.43. The average molecular weight is 458 g/mol. The summed E-state index contributed by atoms with van der Waals surface area (Å²) in [4.78, 5) is 7.91. The van der Waals surface area contributed by atoms with Crippen LogP contribution in [0.5, 0.6) is 0 Å². The lowest BCUT2D eigenvalue weighted by molar-refractivity contribution is 0.383. The van der Waals surface area contributed by atoms with Gasteiger partial charge in [-0.1, -0.05) is 42.1 Å². The monoisotopic (exact) mass is 457 g/mol. The number of aromatic nitrogens is 1. The summed E-state index contributed by atoms with van der Waals surface area (Å²) in [5.74, 6) is 0.852. The van der Waals surface area contributed by atoms with Crippen LogP contribution in [0.25, 0.3) is 0 Å². The first kappa shape index (κ1) is 20.8. The van der Waals surface area contributed by atoms with Gasteiger partial charge in [-0.15, -0.1) is 0 Å². The first-order chi connectivity index (χ1) is 15.6. The minimum absolute atomic E-state index is 0.120. The van der Waals surface area contributed by atoms with E-state index in [1.54, 1.807) is 11.8 Å². The van der Waals surface area contributed by atoms with Gasteiger partial charge in [-0.05, 0) is 85.7 Å². The summed E-state index contributed by atoms with van der Waals surface area (Å²) in [6.07, 6.45) is 1.81. The van der Waals surface area contributed by atoms with E-state index in [9.17, 15) is 0 Å². The van der Waals surface area contributed by atoms with Crippen LogP contribution in [0.15, 0.2) is 99.5 Å². The molecule has 0 unspecified atom stereocenters. The summed E-state index contributed by atoms with van der Waals surface area (Å²) in [5.41, 5.74) is 4.38. The van der Waals surface area contributed by atoms with E-state index in [4.69, 9.17) is 16.6 Å². The van der Waals surface area contributed by atoms with Gasteiger partial charge in [0.1, 0.15) is 11.8 Å². The zero-order valence-electron chi connectivity index (χ0n) is 17.9. The number of benzene rings is 2. The summed E-state index contributed by atoms with van der Waals surface area (Å²) in [6, 6.07) is 26.5. The predicted octanol–water partition coefficient (Wildman–Crippen LogP) is 6.62. The van der Waals surface area contributed by atoms with E-state index < -0.39 is 0 Å². The SMILES string of the molecule is Cc1cc(C)cc(N2C(=S)N[C@H](c3ccccn3)[C@H]2c2ccc(Sc3ccccc3)o2)c1. The Balaban J connectivity index is 1.56. The zero-order valence-corrected chi connectivity index (χ0v) is 19.5. The standard InChI is InChI=1S/C26H23N3OS2/c1-17-14-18(2)16-19(15-17)29-25(24(28-26(29)31)21-10-6-7-13-27-21)22-11-12-23(30-22)32-20-8-4-3-5-9-20/h3-16,24-25H,1-2H3,(H,28,31)/t24-,25-/m1/s1. The van der Waals surface area contributed by atoms with Crippen molar-refractivity contribution >= 4 is 34.8 Å². The van der Waals surface area contributed by atoms with Crippen LogP contribution >= 0.6 is 24.0 Å². The van der Waals surface area contributed by atoms with Gasteiger partial charge < -0.3 is 14.6 Å². The molecule has 5 rings (SSSR count). The van der Waals surface area contributed by atoms with E-state index in [-0.39, 0.29) is 12.1 Å². The molecule has 0 radical (unpaired) electrons. The van der Waals surface area contributed by atoms with Gasteiger partial charge in [0.2, 0.25) is 0 Å². The summed E-state index contributed by atoms with van der Waals surface area (Å²) in [6.45, 7) is 4.21. The van der Waals surface area contributed by atoms with E-state index in [0.717, 1.165) is 27.1 Å². The number of anilines is 1. The highest BCUT2D eigenvalue weighted by Gasteiger charge is 2.42. The van der Waals surface area contributed by atoms with Crippen LogP contribution in [0.2, 0.25) is 0 Å². The van der Waals surface area contributed by atoms with Crippen molar-refractivity contribution in [2.45, 2.75) is 35.9 Å². The highest BCUT2D eigenvalue weighted by molar-refractivity contribution is 7.99. The fraction of sp³-hybridized carbons (Fsp3) is 0.154. The maximum Gasteiger partial charge on any atom is 0.174 e. The second-order valence-corrected chi connectivity index (χ2v) is 9.38. The maximum atomic E-state index is 6.38. The topological polar surface area (TPSA) is 41.3 Å². The van der Waals surface area contributed by atoms with Crippen molar-refractivity contribution in [3.05, 3.63) is 108 Å². The highest BCUT2D eigenvalue weighted by Crippen LogP contribution is 2.43. The molecule has 0 amide bonds. The number of nitrogens with zero attached hydrogens (tertiary/aromatic N) is 2. The van der Waals surface area contributed by atoms with Crippen LogP contribution in [-0.2, 0) is 0 Å². The van der Waals surface area contributed by atoms with Gasteiger partial charge in [0.15, 0.2) is 10.2 Å². The fourth-order valence-corrected chi connectivity index (χ4v) is 5.31. The van der Waals surface area contributed by atoms with E-state index in [1.165, 1.54) is 11.1 Å². The number of pyridine rings is 1. The first-order valence-electron chi connectivity index (χ1n) is 10.5. The largest absolute Gasteiger partial charge is 0.452 e. The van der Waals surface area contributed by atoms with Gasteiger partial charge in [0, 0.05) is 16.8 Å². The molecule has 1 N–H and O–H groups in total. The minimum atomic E-state index is -0.149. The Bertz CT molecular complexity index is 1220. The molecule has 3 heterocycles. The molecule has 6 heteroatoms. The van der Waals surface area contributed by atoms with Crippen molar-refractivity contribution in [3.63, 3.8) is 0 Å². The van der Waals surface area contributed by atoms with Gasteiger partial charge in [0.25, 0.3) is 0 Å². The zero-order chi connectivity index (χ0) is 22.1. The molecule has 0 spiro atoms. The van der Waals surface area contributed by atoms with Gasteiger partial charge in [-0.3, -0.25) is 4.98 Å². The summed E-state index contributed by atoms with van der Waals surface area (Å²) < 4.78 is 6.38. The van der Waals surface area contributed by atoms with Crippen LogP contribution < -0.4 is 10.2 Å². The van der Waals surface area contributed by atoms with Crippen molar-refractivity contribution in [1.82, 2.24) is 10.3 Å². The smallest absolute Gasteiger partial charge is 0.174 e. The molecule has 1 aliphatic heterocycles. The van der Waals surface area contributed by atoms with Crippen LogP contribution in [0, 0.1) is 13.8 Å². The summed E-state index contributed by atoms with van der Waals surface area (Å²) in [5, 5.41) is 5.01. The van der Waals surface area contributed by atoms with E-state index in [1.807, 2.05) is 48.7 Å². The third-order valence-electron chi connectivity index (χ3n) is 5.44. The van der Waals surface area contributed by atoms with E-state index in [2.05, 4.69) is 65.4 Å². The van der Waals surface area contributed by atoms with Gasteiger partial charge in [-0.25, -0.2) is 0 Å². The summed E-state index contributed by atoms with van der Waals surface area (Å²) in [7, 11) is 0. The van der Waals surface area contributed by atoms with Crippen molar-refractivity contribution in [2.24, 2.45) is 0 Å². The van der Waals surface area contributed by atoms with Crippen molar-refractivity contribution < 1.29 is 4.42 Å². The molecule has 0 saturated carbocycles. The molecule has 2 aromatic heterocycles. The Labute approximate surface area is 197 Å². The molecule has 160 valence electrons. The van der Waals surface area contributed by atoms with Crippen molar-refractivity contribution in [1.29, 1.82) is 0 Å². The molecular formula is C26H23N3OS2. The number of thiocarbonyl (C=S) groups is 1. The van der Waals surface area contributed by atoms with Crippen LogP contribution in [0.3, 0.4) is 0 Å². The minimum Gasteiger partial charge on any atom is -0.452 e. The normalized spacial score (nSPS) is 18.1. The van der Waals surface area contributed by atoms with Crippen LogP contribution in [0.1, 0.15) is 34.7 Å². The number of nitrogens with one attached hydrogen (secondary N) is 1. The Hall–Kier alpha value is -3.09. The third-order valence-corrected chi connectivity index (χ3v) is 6.68. The fourth-order valence-electron chi connectivity index (χ4n) is 4.16. The molecule has 2 aromatic carbocycles. The third kappa shape index (κ3) is 4.16. The number of hydrogen-bond acceptors (Lipinski definition) is 4. The molecular weight excluding hydrogens is 434 g/mol. The maximum absolute atomic E-state index is 6.38. The predicted molar refractivity (Wildman–Crippen MR) is 133 cm³/mol. The molecule has 1 fully saturated rings. The second-order valence-electron chi connectivity index (χ2n) is 7.91. The molecule has 4 aromatic rings. The van der Waals surface area contributed by atoms with Gasteiger partial charge in [-0.2, -0.15) is 0 Å². The second kappa shape index (κ2) is 8.81. The molecule has 32 heavy (non-hydrogen) atoms. The van der Waals surface area contributed by atoms with Crippen LogP contribution in [0.4, 0.5) is 5.69 Å². The number of rotatable bonds is 5. The molecule has 0 bridgehead atoms. The van der Waals surface area contributed by atoms with Crippen molar-refractivity contribution in [3.8, 4) is 0 Å². The molecule has 4 nitrogen and oxygen atoms in total. The molecule has 1 saturated heterocycles. The first-order valence-corrected chi connectivity index (χ1v) is 11.7.